The maximum absolute atomic E-state index is 12.6. The van der Waals surface area contributed by atoms with Gasteiger partial charge in [-0.05, 0) is 39.7 Å². The number of hydrogen-bond donors (Lipinski definition) is 5. The van der Waals surface area contributed by atoms with E-state index in [9.17, 15) is 9.59 Å². The molecule has 0 bridgehead atoms. The highest BCUT2D eigenvalue weighted by molar-refractivity contribution is 5.87. The molecular formula is C18H34N10O2. The highest BCUT2D eigenvalue weighted by atomic mass is 16.2. The maximum Gasteiger partial charge on any atom is 0.242 e. The molecule has 168 valence electrons. The second kappa shape index (κ2) is 11.0. The first-order valence-corrected chi connectivity index (χ1v) is 10.4. The Bertz CT molecular complexity index is 674. The molecule has 0 aromatic carbocycles. The number of rotatable bonds is 16. The van der Waals surface area contributed by atoms with Crippen LogP contribution in [0.4, 0.5) is 0 Å². The summed E-state index contributed by atoms with van der Waals surface area (Å²) < 4.78 is 0. The van der Waals surface area contributed by atoms with Crippen LogP contribution in [0.15, 0.2) is 25.4 Å². The fourth-order valence-electron chi connectivity index (χ4n) is 2.77. The minimum atomic E-state index is -0.597. The van der Waals surface area contributed by atoms with Crippen LogP contribution < -0.4 is 27.4 Å². The van der Waals surface area contributed by atoms with E-state index < -0.39 is 6.04 Å². The highest BCUT2D eigenvalue weighted by Gasteiger charge is 2.33. The van der Waals surface area contributed by atoms with Crippen molar-refractivity contribution in [1.29, 1.82) is 0 Å². The Hall–Kier alpha value is -2.63. The predicted octanol–water partition coefficient (Wildman–Crippen LogP) is 0.155. The van der Waals surface area contributed by atoms with E-state index in [1.54, 1.807) is 0 Å². The van der Waals surface area contributed by atoms with E-state index in [1.165, 1.54) is 0 Å². The molecule has 1 atom stereocenters. The summed E-state index contributed by atoms with van der Waals surface area (Å²) in [4.78, 5) is 28.8. The van der Waals surface area contributed by atoms with E-state index in [2.05, 4.69) is 41.4 Å². The molecule has 0 aromatic rings. The van der Waals surface area contributed by atoms with Crippen molar-refractivity contribution in [3.05, 3.63) is 0 Å². The molecule has 0 unspecified atom stereocenters. The molecule has 0 aliphatic carbocycles. The standard InChI is InChI=1S/C18H34N10O2/c1-17(25-26-17)7-11-21-10-6-14(29)24-13(5-3-4-9-23-16(19)20)15(30)22-12-8-18(2)27-28-18/h13,21H,3-12H2,1-2H3,(H,22,30)(H,24,29)(H4,19,20,23)/t13-/m0/s1. The van der Waals surface area contributed by atoms with Gasteiger partial charge in [-0.2, -0.15) is 20.5 Å². The number of carbonyl (C=O) groups excluding carboxylic acids is 2. The van der Waals surface area contributed by atoms with E-state index in [4.69, 9.17) is 11.5 Å². The zero-order chi connectivity index (χ0) is 22.0. The molecule has 2 amide bonds. The van der Waals surface area contributed by atoms with E-state index in [0.29, 0.717) is 45.3 Å². The van der Waals surface area contributed by atoms with Gasteiger partial charge in [0.2, 0.25) is 11.8 Å². The third-order valence-electron chi connectivity index (χ3n) is 4.93. The lowest BCUT2D eigenvalue weighted by Gasteiger charge is -2.19. The molecule has 0 aromatic heterocycles. The first-order chi connectivity index (χ1) is 14.2. The van der Waals surface area contributed by atoms with Crippen LogP contribution in [0, 0.1) is 0 Å². The molecule has 2 heterocycles. The number of aliphatic imine (C=N–C) groups is 1. The molecule has 30 heavy (non-hydrogen) atoms. The molecule has 0 spiro atoms. The lowest BCUT2D eigenvalue weighted by atomic mass is 10.1. The van der Waals surface area contributed by atoms with Crippen LogP contribution in [0.5, 0.6) is 0 Å². The second-order valence-electron chi connectivity index (χ2n) is 8.05. The monoisotopic (exact) mass is 422 g/mol. The van der Waals surface area contributed by atoms with E-state index in [1.807, 2.05) is 13.8 Å². The molecule has 2 rings (SSSR count). The quantitative estimate of drug-likeness (QED) is 0.134. The number of nitrogens with one attached hydrogen (secondary N) is 3. The molecule has 12 heteroatoms. The summed E-state index contributed by atoms with van der Waals surface area (Å²) in [6.07, 6.45) is 3.69. The molecular weight excluding hydrogens is 388 g/mol. The molecule has 0 saturated heterocycles. The van der Waals surface area contributed by atoms with Crippen LogP contribution in [0.25, 0.3) is 0 Å². The number of amides is 2. The summed E-state index contributed by atoms with van der Waals surface area (Å²) in [7, 11) is 0. The summed E-state index contributed by atoms with van der Waals surface area (Å²) >= 11 is 0. The van der Waals surface area contributed by atoms with Gasteiger partial charge < -0.3 is 27.4 Å². The Morgan fingerprint density at radius 2 is 1.60 bits per heavy atom. The predicted molar refractivity (Wildman–Crippen MR) is 113 cm³/mol. The molecule has 7 N–H and O–H groups in total. The summed E-state index contributed by atoms with van der Waals surface area (Å²) in [5.41, 5.74) is 10.0. The highest BCUT2D eigenvalue weighted by Crippen LogP contribution is 2.30. The fourth-order valence-corrected chi connectivity index (χ4v) is 2.77. The van der Waals surface area contributed by atoms with Crippen LogP contribution in [-0.4, -0.2) is 61.3 Å². The van der Waals surface area contributed by atoms with Gasteiger partial charge in [-0.15, -0.1) is 0 Å². The lowest BCUT2D eigenvalue weighted by molar-refractivity contribution is -0.129. The number of hydrogen-bond acceptors (Lipinski definition) is 8. The fraction of sp³-hybridized carbons (Fsp3) is 0.833. The average Bonchev–Trinajstić information content (AvgIpc) is 3.59. The normalized spacial score (nSPS) is 17.8. The Kier molecular flexibility index (Phi) is 8.63. The number of nitrogens with zero attached hydrogens (tertiary/aromatic N) is 5. The Morgan fingerprint density at radius 3 is 2.20 bits per heavy atom. The van der Waals surface area contributed by atoms with Crippen molar-refractivity contribution >= 4 is 17.8 Å². The maximum atomic E-state index is 12.6. The van der Waals surface area contributed by atoms with E-state index in [-0.39, 0.29) is 29.1 Å². The van der Waals surface area contributed by atoms with Gasteiger partial charge in [0.05, 0.1) is 0 Å². The topological polar surface area (TPSA) is 184 Å². The first-order valence-electron chi connectivity index (χ1n) is 10.4. The van der Waals surface area contributed by atoms with Crippen LogP contribution in [0.1, 0.15) is 52.4 Å². The van der Waals surface area contributed by atoms with Gasteiger partial charge in [0.25, 0.3) is 0 Å². The molecule has 0 radical (unpaired) electrons. The van der Waals surface area contributed by atoms with Gasteiger partial charge in [-0.1, -0.05) is 0 Å². The number of nitrogens with two attached hydrogens (primary N) is 2. The van der Waals surface area contributed by atoms with Crippen molar-refractivity contribution in [2.75, 3.05) is 26.2 Å². The summed E-state index contributed by atoms with van der Waals surface area (Å²) in [5, 5.41) is 24.7. The van der Waals surface area contributed by atoms with Crippen molar-refractivity contribution in [3.8, 4) is 0 Å². The lowest BCUT2D eigenvalue weighted by Crippen LogP contribution is -2.47. The largest absolute Gasteiger partial charge is 0.370 e. The summed E-state index contributed by atoms with van der Waals surface area (Å²) in [6, 6.07) is -0.597. The van der Waals surface area contributed by atoms with Crippen molar-refractivity contribution in [2.24, 2.45) is 36.9 Å². The van der Waals surface area contributed by atoms with Gasteiger partial charge >= 0.3 is 0 Å². The van der Waals surface area contributed by atoms with Crippen LogP contribution in [-0.2, 0) is 9.59 Å². The third-order valence-corrected chi connectivity index (χ3v) is 4.93. The van der Waals surface area contributed by atoms with Gasteiger partial charge in [0, 0.05) is 38.9 Å². The first kappa shape index (κ1) is 23.6. The van der Waals surface area contributed by atoms with Crippen molar-refractivity contribution in [3.63, 3.8) is 0 Å². The second-order valence-corrected chi connectivity index (χ2v) is 8.05. The number of carbonyl (C=O) groups is 2. The summed E-state index contributed by atoms with van der Waals surface area (Å²) in [5.74, 6) is -0.321. The Morgan fingerprint density at radius 1 is 0.967 bits per heavy atom. The van der Waals surface area contributed by atoms with Crippen LogP contribution in [0.3, 0.4) is 0 Å². The summed E-state index contributed by atoms with van der Waals surface area (Å²) in [6.45, 7) is 6.08. The van der Waals surface area contributed by atoms with Crippen molar-refractivity contribution in [1.82, 2.24) is 16.0 Å². The smallest absolute Gasteiger partial charge is 0.242 e. The molecule has 12 nitrogen and oxygen atoms in total. The van der Waals surface area contributed by atoms with Gasteiger partial charge in [-0.25, -0.2) is 0 Å². The van der Waals surface area contributed by atoms with Gasteiger partial charge in [0.1, 0.15) is 6.04 Å². The molecule has 0 fully saturated rings. The Labute approximate surface area is 176 Å². The molecule has 0 saturated carbocycles. The number of guanidine groups is 1. The van der Waals surface area contributed by atoms with E-state index in [0.717, 1.165) is 19.4 Å². The SMILES string of the molecule is CC1(CCNCCC(=O)N[C@@H](CCCCN=C(N)N)C(=O)NCCC2(C)N=N2)N=N1. The minimum Gasteiger partial charge on any atom is -0.370 e. The van der Waals surface area contributed by atoms with Crippen molar-refractivity contribution in [2.45, 2.75) is 69.7 Å². The zero-order valence-corrected chi connectivity index (χ0v) is 17.9. The third kappa shape index (κ3) is 9.72. The van der Waals surface area contributed by atoms with Gasteiger partial charge in [-0.3, -0.25) is 14.6 Å². The van der Waals surface area contributed by atoms with Gasteiger partial charge in [0.15, 0.2) is 17.3 Å². The van der Waals surface area contributed by atoms with Crippen molar-refractivity contribution < 1.29 is 9.59 Å². The zero-order valence-electron chi connectivity index (χ0n) is 17.9. The molecule has 2 aliphatic rings. The van der Waals surface area contributed by atoms with E-state index >= 15 is 0 Å². The average molecular weight is 423 g/mol. The number of unbranched alkanes of at least 4 members (excludes halogenated alkanes) is 1. The van der Waals surface area contributed by atoms with Crippen LogP contribution >= 0.6 is 0 Å². The Balaban J connectivity index is 1.68. The minimum absolute atomic E-state index is 0.0486. The molecule has 2 aliphatic heterocycles. The van der Waals surface area contributed by atoms with Crippen LogP contribution in [0.2, 0.25) is 0 Å².